The van der Waals surface area contributed by atoms with Crippen LogP contribution >= 0.6 is 0 Å². The maximum atomic E-state index is 6.24. The lowest BCUT2D eigenvalue weighted by Crippen LogP contribution is -2.45. The van der Waals surface area contributed by atoms with Gasteiger partial charge in [-0.1, -0.05) is 20.8 Å². The van der Waals surface area contributed by atoms with Crippen molar-refractivity contribution in [3.8, 4) is 11.5 Å². The Morgan fingerprint density at radius 1 is 1.23 bits per heavy atom. The van der Waals surface area contributed by atoms with Crippen LogP contribution in [-0.4, -0.2) is 27.6 Å². The van der Waals surface area contributed by atoms with E-state index in [0.29, 0.717) is 13.2 Å². The quantitative estimate of drug-likeness (QED) is 0.775. The van der Waals surface area contributed by atoms with E-state index in [1.165, 1.54) is 0 Å². The molecule has 1 atom stereocenters. The lowest BCUT2D eigenvalue weighted by atomic mass is 10.2. The molecule has 1 aliphatic heterocycles. The highest BCUT2D eigenvalue weighted by atomic mass is 28.4. The monoisotopic (exact) mass is 320 g/mol. The minimum atomic E-state index is -1.76. The van der Waals surface area contributed by atoms with E-state index < -0.39 is 8.32 Å². The largest absolute Gasteiger partial charge is 0.485 e. The zero-order valence-electron chi connectivity index (χ0n) is 13.9. The highest BCUT2D eigenvalue weighted by Gasteiger charge is 2.38. The fraction of sp³-hybridized carbons (Fsp3) is 0.529. The molecular formula is C17H24O4Si. The molecule has 0 aliphatic carbocycles. The van der Waals surface area contributed by atoms with E-state index in [9.17, 15) is 0 Å². The molecule has 0 N–H and O–H groups in total. The first-order valence-corrected chi connectivity index (χ1v) is 10.6. The van der Waals surface area contributed by atoms with Crippen LogP contribution in [0.3, 0.4) is 0 Å². The van der Waals surface area contributed by atoms with E-state index in [0.717, 1.165) is 22.5 Å². The molecule has 2 aromatic rings. The van der Waals surface area contributed by atoms with Crippen molar-refractivity contribution in [3.05, 3.63) is 24.5 Å². The molecule has 0 spiro atoms. The lowest BCUT2D eigenvalue weighted by Gasteiger charge is -2.37. The minimum Gasteiger partial charge on any atom is -0.485 e. The molecule has 0 saturated carbocycles. The van der Waals surface area contributed by atoms with Gasteiger partial charge in [0.25, 0.3) is 0 Å². The zero-order valence-corrected chi connectivity index (χ0v) is 14.9. The molecule has 0 amide bonds. The van der Waals surface area contributed by atoms with Crippen molar-refractivity contribution in [3.63, 3.8) is 0 Å². The molecule has 0 saturated heterocycles. The fourth-order valence-corrected chi connectivity index (χ4v) is 3.26. The van der Waals surface area contributed by atoms with E-state index in [1.54, 1.807) is 6.26 Å². The van der Waals surface area contributed by atoms with Gasteiger partial charge in [-0.15, -0.1) is 0 Å². The van der Waals surface area contributed by atoms with Crippen LogP contribution in [0.1, 0.15) is 20.8 Å². The van der Waals surface area contributed by atoms with Crippen molar-refractivity contribution in [2.45, 2.75) is 45.0 Å². The number of hydrogen-bond donors (Lipinski definition) is 0. The molecule has 0 bridgehead atoms. The van der Waals surface area contributed by atoms with Gasteiger partial charge in [-0.3, -0.25) is 0 Å². The minimum absolute atomic E-state index is 0.0639. The van der Waals surface area contributed by atoms with Crippen LogP contribution in [0.4, 0.5) is 0 Å². The highest BCUT2D eigenvalue weighted by Crippen LogP contribution is 2.40. The molecule has 0 fully saturated rings. The summed E-state index contributed by atoms with van der Waals surface area (Å²) in [5.74, 6) is 1.54. The van der Waals surface area contributed by atoms with Crippen LogP contribution in [-0.2, 0) is 4.43 Å². The van der Waals surface area contributed by atoms with Crippen molar-refractivity contribution < 1.29 is 18.3 Å². The third-order valence-corrected chi connectivity index (χ3v) is 9.19. The van der Waals surface area contributed by atoms with Gasteiger partial charge in [0.05, 0.1) is 18.3 Å². The second-order valence-corrected chi connectivity index (χ2v) is 12.2. The number of fused-ring (bicyclic) bond motifs is 3. The maximum absolute atomic E-state index is 6.24. The van der Waals surface area contributed by atoms with Crippen molar-refractivity contribution in [1.82, 2.24) is 0 Å². The van der Waals surface area contributed by atoms with Gasteiger partial charge in [0.15, 0.2) is 25.9 Å². The van der Waals surface area contributed by atoms with E-state index in [-0.39, 0.29) is 11.1 Å². The fourth-order valence-electron chi connectivity index (χ4n) is 2.23. The number of ether oxygens (including phenoxy) is 2. The van der Waals surface area contributed by atoms with Crippen LogP contribution in [0, 0.1) is 0 Å². The normalized spacial score (nSPS) is 18.7. The Labute approximate surface area is 132 Å². The third-order valence-electron chi connectivity index (χ3n) is 4.69. The van der Waals surface area contributed by atoms with Gasteiger partial charge in [-0.05, 0) is 36.3 Å². The number of benzene rings is 1. The Bertz CT molecular complexity index is 669. The highest BCUT2D eigenvalue weighted by molar-refractivity contribution is 6.74. The summed E-state index contributed by atoms with van der Waals surface area (Å²) in [7, 11) is -1.76. The Kier molecular flexibility index (Phi) is 3.73. The van der Waals surface area contributed by atoms with Gasteiger partial charge < -0.3 is 18.3 Å². The molecule has 1 aromatic carbocycles. The summed E-state index contributed by atoms with van der Waals surface area (Å²) < 4.78 is 23.6. The third kappa shape index (κ3) is 2.75. The topological polar surface area (TPSA) is 40.8 Å². The van der Waals surface area contributed by atoms with Crippen LogP contribution < -0.4 is 9.47 Å². The van der Waals surface area contributed by atoms with Gasteiger partial charge in [0, 0.05) is 0 Å². The SMILES string of the molecule is CC(C)(C)[Si](C)(C)OC[C@H]1COc2c(ccc3occc23)O1. The van der Waals surface area contributed by atoms with E-state index >= 15 is 0 Å². The Morgan fingerprint density at radius 2 is 2.00 bits per heavy atom. The van der Waals surface area contributed by atoms with Crippen LogP contribution in [0.25, 0.3) is 11.0 Å². The average Bonchev–Trinajstić information content (AvgIpc) is 2.92. The van der Waals surface area contributed by atoms with Crippen LogP contribution in [0.2, 0.25) is 18.1 Å². The van der Waals surface area contributed by atoms with Gasteiger partial charge in [0.1, 0.15) is 12.2 Å². The maximum Gasteiger partial charge on any atom is 0.192 e. The van der Waals surface area contributed by atoms with E-state index in [4.69, 9.17) is 18.3 Å². The van der Waals surface area contributed by atoms with Crippen molar-refractivity contribution in [2.24, 2.45) is 0 Å². The van der Waals surface area contributed by atoms with Crippen molar-refractivity contribution in [1.29, 1.82) is 0 Å². The molecule has 0 unspecified atom stereocenters. The summed E-state index contributed by atoms with van der Waals surface area (Å²) in [4.78, 5) is 0. The van der Waals surface area contributed by atoms with Crippen LogP contribution in [0.5, 0.6) is 11.5 Å². The predicted molar refractivity (Wildman–Crippen MR) is 89.3 cm³/mol. The molecule has 2 heterocycles. The second kappa shape index (κ2) is 5.32. The number of rotatable bonds is 3. The molecule has 22 heavy (non-hydrogen) atoms. The molecule has 0 radical (unpaired) electrons. The Morgan fingerprint density at radius 3 is 2.73 bits per heavy atom. The van der Waals surface area contributed by atoms with Crippen LogP contribution in [0.15, 0.2) is 28.9 Å². The Balaban J connectivity index is 1.70. The average molecular weight is 320 g/mol. The second-order valence-electron chi connectivity index (χ2n) is 7.35. The number of furan rings is 1. The van der Waals surface area contributed by atoms with Crippen molar-refractivity contribution in [2.75, 3.05) is 13.2 Å². The van der Waals surface area contributed by atoms with E-state index in [2.05, 4.69) is 33.9 Å². The van der Waals surface area contributed by atoms with Gasteiger partial charge in [0.2, 0.25) is 0 Å². The summed E-state index contributed by atoms with van der Waals surface area (Å²) in [6.45, 7) is 12.3. The molecule has 1 aromatic heterocycles. The first kappa shape index (κ1) is 15.4. The molecule has 4 nitrogen and oxygen atoms in total. The van der Waals surface area contributed by atoms with Gasteiger partial charge in [-0.2, -0.15) is 0 Å². The summed E-state index contributed by atoms with van der Waals surface area (Å²) in [6, 6.07) is 5.72. The smallest absolute Gasteiger partial charge is 0.192 e. The zero-order chi connectivity index (χ0) is 16.0. The first-order chi connectivity index (χ1) is 10.3. The molecule has 120 valence electrons. The lowest BCUT2D eigenvalue weighted by molar-refractivity contribution is 0.0503. The Hall–Kier alpha value is -1.46. The standard InChI is InChI=1S/C17H24O4Si/c1-17(2,3)22(4,5)20-11-12-10-19-16-13-8-9-18-14(13)6-7-15(16)21-12/h6-9,12H,10-11H2,1-5H3/t12-/m1/s1. The number of hydrogen-bond acceptors (Lipinski definition) is 4. The molecule has 1 aliphatic rings. The molecular weight excluding hydrogens is 296 g/mol. The van der Waals surface area contributed by atoms with Gasteiger partial charge >= 0.3 is 0 Å². The summed E-state index contributed by atoms with van der Waals surface area (Å²) in [5, 5.41) is 1.16. The summed E-state index contributed by atoms with van der Waals surface area (Å²) >= 11 is 0. The van der Waals surface area contributed by atoms with E-state index in [1.807, 2.05) is 18.2 Å². The molecule has 3 rings (SSSR count). The predicted octanol–water partition coefficient (Wildman–Crippen LogP) is 4.59. The molecule has 5 heteroatoms. The van der Waals surface area contributed by atoms with Gasteiger partial charge in [-0.25, -0.2) is 0 Å². The summed E-state index contributed by atoms with van der Waals surface area (Å²) in [6.07, 6.45) is 1.60. The summed E-state index contributed by atoms with van der Waals surface area (Å²) in [5.41, 5.74) is 0.818. The van der Waals surface area contributed by atoms with Crippen molar-refractivity contribution >= 4 is 19.3 Å². The first-order valence-electron chi connectivity index (χ1n) is 7.71.